The minimum atomic E-state index is -3.91. The van der Waals surface area contributed by atoms with Crippen molar-refractivity contribution in [1.29, 1.82) is 0 Å². The second-order valence-corrected chi connectivity index (χ2v) is 7.03. The van der Waals surface area contributed by atoms with Gasteiger partial charge in [0.1, 0.15) is 0 Å². The molecule has 1 aliphatic heterocycles. The molecule has 116 valence electrons. The van der Waals surface area contributed by atoms with Crippen LogP contribution in [0, 0.1) is 17.0 Å². The maximum Gasteiger partial charge on any atom is 0.289 e. The summed E-state index contributed by atoms with van der Waals surface area (Å²) in [7, 11) is -3.91. The third-order valence-corrected chi connectivity index (χ3v) is 5.31. The van der Waals surface area contributed by atoms with Crippen molar-refractivity contribution >= 4 is 15.7 Å². The second kappa shape index (κ2) is 6.08. The molecule has 0 saturated carbocycles. The van der Waals surface area contributed by atoms with E-state index in [1.807, 2.05) is 6.92 Å². The summed E-state index contributed by atoms with van der Waals surface area (Å²) < 4.78 is 27.6. The molecule has 0 aromatic heterocycles. The molecule has 2 N–H and O–H groups in total. The van der Waals surface area contributed by atoms with Gasteiger partial charge in [0.25, 0.3) is 5.69 Å². The Hall–Kier alpha value is -1.51. The third-order valence-electron chi connectivity index (χ3n) is 3.60. The van der Waals surface area contributed by atoms with Gasteiger partial charge in [0.2, 0.25) is 10.0 Å². The number of rotatable bonds is 4. The monoisotopic (exact) mass is 313 g/mol. The summed E-state index contributed by atoms with van der Waals surface area (Å²) in [6.07, 6.45) is 1.34. The summed E-state index contributed by atoms with van der Waals surface area (Å²) >= 11 is 0. The van der Waals surface area contributed by atoms with Gasteiger partial charge in [-0.25, -0.2) is 13.1 Å². The average Bonchev–Trinajstić information content (AvgIpc) is 2.37. The number of nitro groups is 1. The molecule has 1 aliphatic rings. The standard InChI is InChI=1S/C13H19N3O4S/c1-9-4-3-5-12(16(17)18)13(9)21(19,20)15-11-6-7-14-10(2)8-11/h3-5,10-11,14-15H,6-8H2,1-2H3. The Labute approximate surface area is 123 Å². The SMILES string of the molecule is Cc1cccc([N+](=O)[O-])c1S(=O)(=O)NC1CCNC(C)C1. The van der Waals surface area contributed by atoms with Crippen LogP contribution in [0.5, 0.6) is 0 Å². The summed E-state index contributed by atoms with van der Waals surface area (Å²) in [6, 6.07) is 4.28. The van der Waals surface area contributed by atoms with Crippen LogP contribution in [0.25, 0.3) is 0 Å². The van der Waals surface area contributed by atoms with Crippen molar-refractivity contribution < 1.29 is 13.3 Å². The highest BCUT2D eigenvalue weighted by atomic mass is 32.2. The largest absolute Gasteiger partial charge is 0.314 e. The van der Waals surface area contributed by atoms with Crippen LogP contribution in [0.15, 0.2) is 23.1 Å². The fraction of sp³-hybridized carbons (Fsp3) is 0.538. The van der Waals surface area contributed by atoms with Gasteiger partial charge in [-0.3, -0.25) is 10.1 Å². The zero-order valence-corrected chi connectivity index (χ0v) is 12.8. The predicted octanol–water partition coefficient (Wildman–Crippen LogP) is 1.32. The number of nitro benzene ring substituents is 1. The number of hydrogen-bond acceptors (Lipinski definition) is 5. The van der Waals surface area contributed by atoms with Gasteiger partial charge in [0.05, 0.1) is 4.92 Å². The second-order valence-electron chi connectivity index (χ2n) is 5.38. The van der Waals surface area contributed by atoms with Crippen LogP contribution >= 0.6 is 0 Å². The molecule has 2 rings (SSSR count). The van der Waals surface area contributed by atoms with E-state index in [9.17, 15) is 18.5 Å². The van der Waals surface area contributed by atoms with Gasteiger partial charge in [0.15, 0.2) is 4.90 Å². The van der Waals surface area contributed by atoms with Gasteiger partial charge in [-0.1, -0.05) is 12.1 Å². The molecule has 0 spiro atoms. The van der Waals surface area contributed by atoms with Crippen LogP contribution in [-0.2, 0) is 10.0 Å². The fourth-order valence-corrected chi connectivity index (χ4v) is 4.33. The number of sulfonamides is 1. The topological polar surface area (TPSA) is 101 Å². The lowest BCUT2D eigenvalue weighted by Gasteiger charge is -2.28. The Kier molecular flexibility index (Phi) is 4.60. The van der Waals surface area contributed by atoms with Crippen molar-refractivity contribution in [2.75, 3.05) is 6.54 Å². The predicted molar refractivity (Wildman–Crippen MR) is 78.6 cm³/mol. The maximum absolute atomic E-state index is 12.5. The zero-order valence-electron chi connectivity index (χ0n) is 12.0. The third kappa shape index (κ3) is 3.58. The lowest BCUT2D eigenvalue weighted by atomic mass is 10.0. The summed E-state index contributed by atoms with van der Waals surface area (Å²) in [5.74, 6) is 0. The molecule has 2 atom stereocenters. The number of aryl methyl sites for hydroxylation is 1. The molecule has 1 aromatic carbocycles. The summed E-state index contributed by atoms with van der Waals surface area (Å²) in [5.41, 5.74) is -0.0110. The van der Waals surface area contributed by atoms with Crippen molar-refractivity contribution in [2.45, 2.75) is 43.7 Å². The number of hydrogen-bond donors (Lipinski definition) is 2. The van der Waals surface area contributed by atoms with Crippen LogP contribution in [0.3, 0.4) is 0 Å². The molecular weight excluding hydrogens is 294 g/mol. The molecule has 0 radical (unpaired) electrons. The highest BCUT2D eigenvalue weighted by molar-refractivity contribution is 7.89. The molecule has 0 aliphatic carbocycles. The Morgan fingerprint density at radius 1 is 1.43 bits per heavy atom. The van der Waals surface area contributed by atoms with Gasteiger partial charge in [-0.15, -0.1) is 0 Å². The molecule has 1 heterocycles. The van der Waals surface area contributed by atoms with E-state index >= 15 is 0 Å². The first kappa shape index (κ1) is 15.9. The zero-order chi connectivity index (χ0) is 15.6. The Morgan fingerprint density at radius 3 is 2.76 bits per heavy atom. The number of nitrogens with zero attached hydrogens (tertiary/aromatic N) is 1. The van der Waals surface area contributed by atoms with Crippen molar-refractivity contribution in [3.05, 3.63) is 33.9 Å². The van der Waals surface area contributed by atoms with E-state index in [1.165, 1.54) is 12.1 Å². The van der Waals surface area contributed by atoms with Crippen LogP contribution in [-0.4, -0.2) is 32.0 Å². The lowest BCUT2D eigenvalue weighted by molar-refractivity contribution is -0.387. The molecule has 21 heavy (non-hydrogen) atoms. The molecule has 1 fully saturated rings. The van der Waals surface area contributed by atoms with Crippen LogP contribution < -0.4 is 10.0 Å². The molecular formula is C13H19N3O4S. The molecule has 7 nitrogen and oxygen atoms in total. The van der Waals surface area contributed by atoms with E-state index in [4.69, 9.17) is 0 Å². The first-order chi connectivity index (χ1) is 9.81. The van der Waals surface area contributed by atoms with E-state index in [1.54, 1.807) is 13.0 Å². The quantitative estimate of drug-likeness (QED) is 0.645. The Bertz CT molecular complexity index is 645. The van der Waals surface area contributed by atoms with Gasteiger partial charge < -0.3 is 5.32 Å². The fourth-order valence-electron chi connectivity index (χ4n) is 2.65. The van der Waals surface area contributed by atoms with Gasteiger partial charge in [-0.2, -0.15) is 0 Å². The molecule has 0 amide bonds. The summed E-state index contributed by atoms with van der Waals surface area (Å²) in [4.78, 5) is 10.2. The molecule has 8 heteroatoms. The molecule has 1 aromatic rings. The highest BCUT2D eigenvalue weighted by Gasteiger charge is 2.31. The number of nitrogens with one attached hydrogen (secondary N) is 2. The van der Waals surface area contributed by atoms with Gasteiger partial charge in [0, 0.05) is 18.2 Å². The van der Waals surface area contributed by atoms with E-state index in [-0.39, 0.29) is 22.7 Å². The number of piperidine rings is 1. The highest BCUT2D eigenvalue weighted by Crippen LogP contribution is 2.27. The lowest BCUT2D eigenvalue weighted by Crippen LogP contribution is -2.46. The van der Waals surface area contributed by atoms with Gasteiger partial charge >= 0.3 is 0 Å². The van der Waals surface area contributed by atoms with Gasteiger partial charge in [-0.05, 0) is 38.8 Å². The van der Waals surface area contributed by atoms with E-state index in [0.717, 1.165) is 6.54 Å². The molecule has 0 bridgehead atoms. The van der Waals surface area contributed by atoms with E-state index in [0.29, 0.717) is 18.4 Å². The van der Waals surface area contributed by atoms with Crippen LogP contribution in [0.2, 0.25) is 0 Å². The van der Waals surface area contributed by atoms with Crippen molar-refractivity contribution in [1.82, 2.24) is 10.0 Å². The van der Waals surface area contributed by atoms with Crippen molar-refractivity contribution in [2.24, 2.45) is 0 Å². The minimum Gasteiger partial charge on any atom is -0.314 e. The maximum atomic E-state index is 12.5. The van der Waals surface area contributed by atoms with Crippen molar-refractivity contribution in [3.8, 4) is 0 Å². The molecule has 2 unspecified atom stereocenters. The average molecular weight is 313 g/mol. The minimum absolute atomic E-state index is 0.203. The van der Waals surface area contributed by atoms with Crippen LogP contribution in [0.1, 0.15) is 25.3 Å². The Balaban J connectivity index is 2.33. The first-order valence-electron chi connectivity index (χ1n) is 6.81. The van der Waals surface area contributed by atoms with E-state index in [2.05, 4.69) is 10.0 Å². The smallest absolute Gasteiger partial charge is 0.289 e. The molecule has 1 saturated heterocycles. The first-order valence-corrected chi connectivity index (χ1v) is 8.29. The normalized spacial score (nSPS) is 23.0. The summed E-state index contributed by atoms with van der Waals surface area (Å²) in [5, 5.41) is 14.3. The van der Waals surface area contributed by atoms with Crippen LogP contribution in [0.4, 0.5) is 5.69 Å². The van der Waals surface area contributed by atoms with E-state index < -0.39 is 14.9 Å². The Morgan fingerprint density at radius 2 is 2.14 bits per heavy atom. The van der Waals surface area contributed by atoms with Crippen molar-refractivity contribution in [3.63, 3.8) is 0 Å². The number of benzene rings is 1. The summed E-state index contributed by atoms with van der Waals surface area (Å²) in [6.45, 7) is 4.27.